The fourth-order valence-electron chi connectivity index (χ4n) is 5.02. The first-order chi connectivity index (χ1) is 13.2. The monoisotopic (exact) mass is 383 g/mol. The van der Waals surface area contributed by atoms with Gasteiger partial charge in [0.05, 0.1) is 6.54 Å². The Hall–Kier alpha value is -1.64. The number of rotatable bonds is 4. The van der Waals surface area contributed by atoms with Crippen molar-refractivity contribution < 1.29 is 0 Å². The number of anilines is 1. The van der Waals surface area contributed by atoms with Crippen molar-refractivity contribution >= 4 is 5.95 Å². The fourth-order valence-corrected chi connectivity index (χ4v) is 5.02. The molecule has 0 radical (unpaired) electrons. The van der Waals surface area contributed by atoms with Crippen LogP contribution in [0.25, 0.3) is 0 Å². The Kier molecular flexibility index (Phi) is 6.95. The van der Waals surface area contributed by atoms with Gasteiger partial charge in [-0.15, -0.1) is 5.92 Å². The SMILES string of the molecule is C.CC#CCN1CCCC(c2cnc(N3C4CCC3CN(C(C)C)C4)nc2)C1. The Morgan fingerprint density at radius 1 is 1.07 bits per heavy atom. The second-order valence-electron chi connectivity index (χ2n) is 8.66. The first kappa shape index (κ1) is 21.1. The van der Waals surface area contributed by atoms with Crippen molar-refractivity contribution in [2.75, 3.05) is 37.6 Å². The van der Waals surface area contributed by atoms with Gasteiger partial charge in [0.15, 0.2) is 0 Å². The van der Waals surface area contributed by atoms with Crippen molar-refractivity contribution in [2.45, 2.75) is 77.9 Å². The van der Waals surface area contributed by atoms with E-state index in [9.17, 15) is 0 Å². The number of piperazine rings is 1. The van der Waals surface area contributed by atoms with E-state index in [2.05, 4.69) is 52.8 Å². The first-order valence-corrected chi connectivity index (χ1v) is 10.6. The van der Waals surface area contributed by atoms with Gasteiger partial charge >= 0.3 is 0 Å². The highest BCUT2D eigenvalue weighted by atomic mass is 15.4. The van der Waals surface area contributed by atoms with Crippen LogP contribution in [0.4, 0.5) is 5.95 Å². The third-order valence-corrected chi connectivity index (χ3v) is 6.59. The minimum atomic E-state index is 0. The summed E-state index contributed by atoms with van der Waals surface area (Å²) in [6.07, 6.45) is 9.20. The Balaban J connectivity index is 0.00000225. The number of aromatic nitrogens is 2. The van der Waals surface area contributed by atoms with Crippen LogP contribution in [0.15, 0.2) is 12.4 Å². The zero-order valence-electron chi connectivity index (χ0n) is 17.1. The van der Waals surface area contributed by atoms with Gasteiger partial charge in [-0.2, -0.15) is 0 Å². The van der Waals surface area contributed by atoms with Gasteiger partial charge in [-0.1, -0.05) is 13.3 Å². The van der Waals surface area contributed by atoms with Crippen molar-refractivity contribution in [1.82, 2.24) is 19.8 Å². The van der Waals surface area contributed by atoms with Gasteiger partial charge in [-0.05, 0) is 64.5 Å². The normalized spacial score (nSPS) is 28.0. The molecule has 154 valence electrons. The van der Waals surface area contributed by atoms with E-state index < -0.39 is 0 Å². The summed E-state index contributed by atoms with van der Waals surface area (Å²) in [7, 11) is 0. The van der Waals surface area contributed by atoms with Crippen LogP contribution in [0.3, 0.4) is 0 Å². The molecule has 3 saturated heterocycles. The molecule has 4 rings (SSSR count). The maximum absolute atomic E-state index is 4.83. The summed E-state index contributed by atoms with van der Waals surface area (Å²) >= 11 is 0. The molecule has 0 amide bonds. The molecule has 5 heteroatoms. The van der Waals surface area contributed by atoms with Crippen molar-refractivity contribution in [3.63, 3.8) is 0 Å². The van der Waals surface area contributed by atoms with E-state index in [4.69, 9.17) is 9.97 Å². The highest BCUT2D eigenvalue weighted by Gasteiger charge is 2.41. The lowest BCUT2D eigenvalue weighted by Gasteiger charge is -2.42. The largest absolute Gasteiger partial charge is 0.332 e. The lowest BCUT2D eigenvalue weighted by atomic mass is 9.92. The number of piperidine rings is 1. The van der Waals surface area contributed by atoms with Crippen molar-refractivity contribution in [2.24, 2.45) is 0 Å². The maximum Gasteiger partial charge on any atom is 0.225 e. The van der Waals surface area contributed by atoms with Crippen molar-refractivity contribution in [3.05, 3.63) is 18.0 Å². The molecule has 3 unspecified atom stereocenters. The summed E-state index contributed by atoms with van der Waals surface area (Å²) in [5.74, 6) is 7.70. The first-order valence-electron chi connectivity index (χ1n) is 10.6. The number of nitrogens with zero attached hydrogens (tertiary/aromatic N) is 5. The second kappa shape index (κ2) is 9.24. The molecule has 0 spiro atoms. The number of hydrogen-bond acceptors (Lipinski definition) is 5. The average molecular weight is 384 g/mol. The summed E-state index contributed by atoms with van der Waals surface area (Å²) in [5.41, 5.74) is 1.29. The van der Waals surface area contributed by atoms with Gasteiger partial charge < -0.3 is 4.90 Å². The predicted molar refractivity (Wildman–Crippen MR) is 117 cm³/mol. The van der Waals surface area contributed by atoms with Gasteiger partial charge in [0.2, 0.25) is 5.95 Å². The van der Waals surface area contributed by atoms with E-state index in [1.54, 1.807) is 0 Å². The molecule has 28 heavy (non-hydrogen) atoms. The Labute approximate surface area is 171 Å². The highest BCUT2D eigenvalue weighted by molar-refractivity contribution is 5.38. The molecule has 1 aromatic heterocycles. The van der Waals surface area contributed by atoms with Gasteiger partial charge in [0.25, 0.3) is 0 Å². The molecule has 4 heterocycles. The Morgan fingerprint density at radius 2 is 1.75 bits per heavy atom. The summed E-state index contributed by atoms with van der Waals surface area (Å²) in [4.78, 5) is 17.2. The summed E-state index contributed by atoms with van der Waals surface area (Å²) in [5, 5.41) is 0. The van der Waals surface area contributed by atoms with E-state index in [0.29, 0.717) is 24.0 Å². The molecule has 0 saturated carbocycles. The third-order valence-electron chi connectivity index (χ3n) is 6.59. The molecular formula is C23H37N5. The van der Waals surface area contributed by atoms with Crippen LogP contribution in [0, 0.1) is 11.8 Å². The van der Waals surface area contributed by atoms with Crippen LogP contribution in [0.1, 0.15) is 65.4 Å². The Bertz CT molecular complexity index is 675. The third kappa shape index (κ3) is 4.34. The zero-order chi connectivity index (χ0) is 18.8. The molecular weight excluding hydrogens is 346 g/mol. The molecule has 2 bridgehead atoms. The molecule has 0 aliphatic carbocycles. The van der Waals surface area contributed by atoms with Crippen LogP contribution in [0.5, 0.6) is 0 Å². The lowest BCUT2D eigenvalue weighted by Crippen LogP contribution is -2.56. The molecule has 3 atom stereocenters. The smallest absolute Gasteiger partial charge is 0.225 e. The van der Waals surface area contributed by atoms with Crippen LogP contribution in [-0.2, 0) is 0 Å². The van der Waals surface area contributed by atoms with E-state index >= 15 is 0 Å². The van der Waals surface area contributed by atoms with E-state index in [-0.39, 0.29) is 7.43 Å². The van der Waals surface area contributed by atoms with Crippen LogP contribution >= 0.6 is 0 Å². The van der Waals surface area contributed by atoms with Crippen LogP contribution in [0.2, 0.25) is 0 Å². The molecule has 3 fully saturated rings. The van der Waals surface area contributed by atoms with Crippen LogP contribution in [-0.4, -0.2) is 70.6 Å². The fraction of sp³-hybridized carbons (Fsp3) is 0.739. The van der Waals surface area contributed by atoms with Crippen molar-refractivity contribution in [3.8, 4) is 11.8 Å². The highest BCUT2D eigenvalue weighted by Crippen LogP contribution is 2.34. The minimum Gasteiger partial charge on any atom is -0.332 e. The molecule has 0 N–H and O–H groups in total. The lowest BCUT2D eigenvalue weighted by molar-refractivity contribution is 0.176. The van der Waals surface area contributed by atoms with Crippen LogP contribution < -0.4 is 4.90 Å². The Morgan fingerprint density at radius 3 is 2.36 bits per heavy atom. The second-order valence-corrected chi connectivity index (χ2v) is 8.66. The van der Waals surface area contributed by atoms with Gasteiger partial charge in [-0.3, -0.25) is 9.80 Å². The van der Waals surface area contributed by atoms with Gasteiger partial charge in [-0.25, -0.2) is 9.97 Å². The topological polar surface area (TPSA) is 35.5 Å². The molecule has 5 nitrogen and oxygen atoms in total. The minimum absolute atomic E-state index is 0. The molecule has 3 aliphatic rings. The number of fused-ring (bicyclic) bond motifs is 2. The average Bonchev–Trinajstić information content (AvgIpc) is 2.95. The quantitative estimate of drug-likeness (QED) is 0.745. The summed E-state index contributed by atoms with van der Waals surface area (Å²) < 4.78 is 0. The number of hydrogen-bond donors (Lipinski definition) is 0. The predicted octanol–water partition coefficient (Wildman–Crippen LogP) is 3.38. The maximum atomic E-state index is 4.83. The summed E-state index contributed by atoms with van der Waals surface area (Å²) in [6.45, 7) is 11.9. The summed E-state index contributed by atoms with van der Waals surface area (Å²) in [6, 6.07) is 1.79. The molecule has 0 aromatic carbocycles. The van der Waals surface area contributed by atoms with Gasteiger partial charge in [0, 0.05) is 50.2 Å². The van der Waals surface area contributed by atoms with E-state index in [1.807, 2.05) is 6.92 Å². The molecule has 3 aliphatic heterocycles. The van der Waals surface area contributed by atoms with Crippen molar-refractivity contribution in [1.29, 1.82) is 0 Å². The standard InChI is InChI=1S/C22H33N5.CH4/c1-4-5-10-25-11-6-7-18(14-25)19-12-23-22(24-13-19)27-20-8-9-21(27)16-26(15-20)17(2)3;/h12-13,17-18,20-21H,6-11,14-16H2,1-3H3;1H4. The van der Waals surface area contributed by atoms with E-state index in [0.717, 1.165) is 38.7 Å². The number of likely N-dealkylation sites (tertiary alicyclic amines) is 2. The van der Waals surface area contributed by atoms with E-state index in [1.165, 1.54) is 31.2 Å². The van der Waals surface area contributed by atoms with Gasteiger partial charge in [0.1, 0.15) is 0 Å². The zero-order valence-corrected chi connectivity index (χ0v) is 17.1. The molecule has 1 aromatic rings.